The largest absolute Gasteiger partial charge is 0.351 e. The molecule has 10 nitrogen and oxygen atoms in total. The quantitative estimate of drug-likeness (QED) is 0.421. The molecule has 0 spiro atoms. The van der Waals surface area contributed by atoms with Crippen LogP contribution in [0.3, 0.4) is 0 Å². The highest BCUT2D eigenvalue weighted by Crippen LogP contribution is 2.39. The summed E-state index contributed by atoms with van der Waals surface area (Å²) in [6, 6.07) is 11.8. The van der Waals surface area contributed by atoms with Gasteiger partial charge in [0.1, 0.15) is 23.7 Å². The fraction of sp³-hybridized carbons (Fsp3) is 0.300. The number of carbonyl (C=O) groups excluding carboxylic acids is 2. The Bertz CT molecular complexity index is 1830. The van der Waals surface area contributed by atoms with Crippen LogP contribution in [0.5, 0.6) is 0 Å². The van der Waals surface area contributed by atoms with Gasteiger partial charge < -0.3 is 5.32 Å². The number of sulfonamides is 1. The van der Waals surface area contributed by atoms with Crippen molar-refractivity contribution >= 4 is 33.3 Å². The summed E-state index contributed by atoms with van der Waals surface area (Å²) >= 11 is 0. The molecule has 1 aliphatic heterocycles. The number of halogens is 3. The van der Waals surface area contributed by atoms with Gasteiger partial charge in [-0.25, -0.2) is 30.9 Å². The van der Waals surface area contributed by atoms with Gasteiger partial charge in [-0.05, 0) is 54.8 Å². The second kappa shape index (κ2) is 11.6. The Labute approximate surface area is 251 Å². The fourth-order valence-corrected chi connectivity index (χ4v) is 7.17. The smallest absolute Gasteiger partial charge is 0.252 e. The molecule has 0 radical (unpaired) electrons. The van der Waals surface area contributed by atoms with Crippen LogP contribution in [-0.2, 0) is 19.6 Å². The molecule has 2 aliphatic rings. The number of amides is 2. The van der Waals surface area contributed by atoms with Crippen molar-refractivity contribution < 1.29 is 31.2 Å². The van der Waals surface area contributed by atoms with E-state index in [2.05, 4.69) is 10.3 Å². The third-order valence-corrected chi connectivity index (χ3v) is 9.36. The van der Waals surface area contributed by atoms with E-state index >= 15 is 0 Å². The minimum Gasteiger partial charge on any atom is -0.351 e. The van der Waals surface area contributed by atoms with E-state index in [1.54, 1.807) is 37.3 Å². The van der Waals surface area contributed by atoms with Gasteiger partial charge in [0.2, 0.25) is 15.9 Å². The number of benzene rings is 2. The molecule has 1 N–H and O–H groups in total. The van der Waals surface area contributed by atoms with Gasteiger partial charge in [-0.3, -0.25) is 14.5 Å². The van der Waals surface area contributed by atoms with Gasteiger partial charge in [0.05, 0.1) is 29.0 Å². The maximum absolute atomic E-state index is 14.8. The fourth-order valence-electron chi connectivity index (χ4n) is 5.48. The zero-order valence-corrected chi connectivity index (χ0v) is 24.1. The second-order valence-corrected chi connectivity index (χ2v) is 12.6. The minimum atomic E-state index is -4.14. The second-order valence-electron chi connectivity index (χ2n) is 10.7. The van der Waals surface area contributed by atoms with E-state index in [1.165, 1.54) is 24.4 Å². The van der Waals surface area contributed by atoms with E-state index in [1.807, 2.05) is 6.07 Å². The molecule has 0 unspecified atom stereocenters. The van der Waals surface area contributed by atoms with Gasteiger partial charge in [-0.2, -0.15) is 10.5 Å². The van der Waals surface area contributed by atoms with Crippen LogP contribution in [0.25, 0.3) is 0 Å². The highest BCUT2D eigenvalue weighted by molar-refractivity contribution is 7.93. The average molecular weight is 623 g/mol. The molecule has 1 aromatic heterocycles. The van der Waals surface area contributed by atoms with Crippen LogP contribution in [-0.4, -0.2) is 49.0 Å². The van der Waals surface area contributed by atoms with Crippen molar-refractivity contribution in [3.8, 4) is 12.1 Å². The molecule has 2 aromatic carbocycles. The molecular formula is C30H25F3N6O4S. The van der Waals surface area contributed by atoms with Gasteiger partial charge in [0.15, 0.2) is 0 Å². The summed E-state index contributed by atoms with van der Waals surface area (Å²) < 4.78 is 69.5. The summed E-state index contributed by atoms with van der Waals surface area (Å²) in [6.07, 6.45) is -0.249. The van der Waals surface area contributed by atoms with Crippen LogP contribution in [0.1, 0.15) is 47.6 Å². The number of nitriles is 2. The Morgan fingerprint density at radius 3 is 2.45 bits per heavy atom. The van der Waals surface area contributed by atoms with Gasteiger partial charge in [-0.15, -0.1) is 0 Å². The first-order chi connectivity index (χ1) is 20.8. The summed E-state index contributed by atoms with van der Waals surface area (Å²) in [7, 11) is -4.14. The summed E-state index contributed by atoms with van der Waals surface area (Å²) in [5, 5.41) is 21.5. The number of hydrogen-bond donors (Lipinski definition) is 1. The Morgan fingerprint density at radius 2 is 1.80 bits per heavy atom. The molecule has 44 heavy (non-hydrogen) atoms. The lowest BCUT2D eigenvalue weighted by Gasteiger charge is -2.39. The van der Waals surface area contributed by atoms with Crippen molar-refractivity contribution in [2.45, 2.75) is 50.2 Å². The molecule has 226 valence electrons. The number of anilines is 2. The summed E-state index contributed by atoms with van der Waals surface area (Å²) in [5.41, 5.74) is 0.472. The highest BCUT2D eigenvalue weighted by atomic mass is 32.2. The number of aryl methyl sites for hydroxylation is 1. The van der Waals surface area contributed by atoms with Crippen molar-refractivity contribution in [2.75, 3.05) is 15.0 Å². The van der Waals surface area contributed by atoms with E-state index in [0.29, 0.717) is 5.56 Å². The molecule has 3 aromatic rings. The molecule has 5 rings (SSSR count). The van der Waals surface area contributed by atoms with Crippen molar-refractivity contribution in [1.29, 1.82) is 10.5 Å². The molecule has 2 fully saturated rings. The summed E-state index contributed by atoms with van der Waals surface area (Å²) in [4.78, 5) is 33.5. The van der Waals surface area contributed by atoms with Crippen molar-refractivity contribution in [1.82, 2.24) is 10.3 Å². The van der Waals surface area contributed by atoms with E-state index in [9.17, 15) is 41.7 Å². The number of nitrogens with zero attached hydrogens (tertiary/aromatic N) is 5. The van der Waals surface area contributed by atoms with Gasteiger partial charge in [0, 0.05) is 30.8 Å². The van der Waals surface area contributed by atoms with Gasteiger partial charge in [-0.1, -0.05) is 24.3 Å². The lowest BCUT2D eigenvalue weighted by molar-refractivity contribution is -0.133. The number of carbonyl (C=O) groups is 2. The highest BCUT2D eigenvalue weighted by Gasteiger charge is 2.49. The van der Waals surface area contributed by atoms with Gasteiger partial charge in [0.25, 0.3) is 11.8 Å². The molecule has 14 heteroatoms. The first kappa shape index (κ1) is 30.5. The lowest BCUT2D eigenvalue weighted by Crippen LogP contribution is -2.56. The van der Waals surface area contributed by atoms with Crippen LogP contribution in [0, 0.1) is 35.4 Å². The molecule has 1 saturated heterocycles. The maximum atomic E-state index is 14.8. The molecule has 2 amide bonds. The monoisotopic (exact) mass is 622 g/mol. The van der Waals surface area contributed by atoms with Crippen molar-refractivity contribution in [3.63, 3.8) is 0 Å². The minimum absolute atomic E-state index is 0.0819. The molecule has 2 heterocycles. The third kappa shape index (κ3) is 5.94. The van der Waals surface area contributed by atoms with Crippen LogP contribution in [0.15, 0.2) is 60.8 Å². The van der Waals surface area contributed by atoms with E-state index in [-0.39, 0.29) is 34.6 Å². The average Bonchev–Trinajstić information content (AvgIpc) is 3.29. The van der Waals surface area contributed by atoms with Crippen LogP contribution < -0.4 is 14.5 Å². The third-order valence-electron chi connectivity index (χ3n) is 7.57. The van der Waals surface area contributed by atoms with Crippen LogP contribution in [0.2, 0.25) is 0 Å². The van der Waals surface area contributed by atoms with Crippen LogP contribution >= 0.6 is 0 Å². The molecule has 1 saturated carbocycles. The van der Waals surface area contributed by atoms with Crippen molar-refractivity contribution in [2.24, 2.45) is 0 Å². The predicted molar refractivity (Wildman–Crippen MR) is 152 cm³/mol. The topological polar surface area (TPSA) is 147 Å². The van der Waals surface area contributed by atoms with Crippen LogP contribution in [0.4, 0.5) is 24.7 Å². The Morgan fingerprint density at radius 1 is 1.09 bits per heavy atom. The summed E-state index contributed by atoms with van der Waals surface area (Å²) in [6.45, 7) is 1.66. The van der Waals surface area contributed by atoms with Gasteiger partial charge >= 0.3 is 0 Å². The maximum Gasteiger partial charge on any atom is 0.252 e. The number of alkyl halides is 2. The standard InChI is InChI=1S/C30H25F3N6O4S/c1-18-4-2-3-5-24(18)27(28(40)37-22-14-30(32,33)15-22)38(23-11-20(17-35)10-21(31)13-23)29(41)25-7-9-44(42,43)39(25)26-12-19(16-34)6-8-36-26/h2-6,8,10-13,22,25,27H,7,9,14-15H2,1H3,(H,37,40)/t25-,27+/m0/s1. The zero-order valence-electron chi connectivity index (χ0n) is 23.2. The number of rotatable bonds is 7. The first-order valence-corrected chi connectivity index (χ1v) is 15.1. The van der Waals surface area contributed by atoms with E-state index in [4.69, 9.17) is 0 Å². The molecule has 2 atom stereocenters. The number of pyridine rings is 1. The number of aromatic nitrogens is 1. The first-order valence-electron chi connectivity index (χ1n) is 13.5. The summed E-state index contributed by atoms with van der Waals surface area (Å²) in [5.74, 6) is -6.34. The lowest BCUT2D eigenvalue weighted by atomic mass is 9.87. The SMILES string of the molecule is Cc1ccccc1[C@H](C(=O)NC1CC(F)(F)C1)N(C(=O)[C@@H]1CCS(=O)(=O)N1c1cc(C#N)ccn1)c1cc(F)cc(C#N)c1. The Kier molecular flexibility index (Phi) is 8.05. The number of nitrogens with one attached hydrogen (secondary N) is 1. The zero-order chi connectivity index (χ0) is 31.8. The molecular weight excluding hydrogens is 597 g/mol. The number of hydrogen-bond acceptors (Lipinski definition) is 7. The Hall–Kier alpha value is -4.95. The molecule has 0 bridgehead atoms. The molecule has 1 aliphatic carbocycles. The Balaban J connectivity index is 1.68. The normalized spacial score (nSPS) is 19.2. The van der Waals surface area contributed by atoms with Crippen molar-refractivity contribution in [3.05, 3.63) is 88.9 Å². The van der Waals surface area contributed by atoms with E-state index in [0.717, 1.165) is 21.3 Å². The predicted octanol–water partition coefficient (Wildman–Crippen LogP) is 3.87. The van der Waals surface area contributed by atoms with E-state index < -0.39 is 70.3 Å².